The van der Waals surface area contributed by atoms with Gasteiger partial charge < -0.3 is 0 Å². The van der Waals surface area contributed by atoms with Gasteiger partial charge in [-0.2, -0.15) is 0 Å². The first-order chi connectivity index (χ1) is 10.8. The molecule has 0 radical (unpaired) electrons. The standard InChI is InChI=1S/C14H15AsN2O5S/c1-10(18)16-12-6-8-14(9-7-12)23(21,22)17-13-4-2-11(3-5-13)15(19)20/h2-9,17,19-20H,1H3,(H,16,18). The fourth-order valence-electron chi connectivity index (χ4n) is 1.80. The molecule has 0 atom stereocenters. The molecule has 0 aliphatic heterocycles. The average Bonchev–Trinajstić information content (AvgIpc) is 2.47. The number of hydrogen-bond acceptors (Lipinski definition) is 5. The van der Waals surface area contributed by atoms with Crippen LogP contribution in [0.3, 0.4) is 0 Å². The van der Waals surface area contributed by atoms with Gasteiger partial charge in [-0.15, -0.1) is 0 Å². The van der Waals surface area contributed by atoms with Crippen LogP contribution in [0.5, 0.6) is 0 Å². The summed E-state index contributed by atoms with van der Waals surface area (Å²) in [5.41, 5.74) is 0.818. The number of carbonyl (C=O) groups is 1. The summed E-state index contributed by atoms with van der Waals surface area (Å²) in [6, 6.07) is 11.6. The topological polar surface area (TPSA) is 116 Å². The van der Waals surface area contributed by atoms with E-state index < -0.39 is 25.4 Å². The SMILES string of the molecule is CC(=O)Nc1ccc(S(=O)(=O)Nc2ccc([As](O)O)cc2)cc1. The van der Waals surface area contributed by atoms with E-state index in [1.807, 2.05) is 0 Å². The summed E-state index contributed by atoms with van der Waals surface area (Å²) in [5, 5.41) is 2.55. The van der Waals surface area contributed by atoms with Gasteiger partial charge in [0.2, 0.25) is 0 Å². The predicted octanol–water partition coefficient (Wildman–Crippen LogP) is 0.126. The first-order valence-electron chi connectivity index (χ1n) is 6.46. The summed E-state index contributed by atoms with van der Waals surface area (Å²) < 4.78 is 45.6. The van der Waals surface area contributed by atoms with Crippen LogP contribution >= 0.6 is 0 Å². The Morgan fingerprint density at radius 1 is 0.957 bits per heavy atom. The van der Waals surface area contributed by atoms with Gasteiger partial charge in [0, 0.05) is 6.92 Å². The molecule has 122 valence electrons. The molecule has 0 bridgehead atoms. The van der Waals surface area contributed by atoms with Gasteiger partial charge in [-0.25, -0.2) is 0 Å². The van der Waals surface area contributed by atoms with Gasteiger partial charge in [0.25, 0.3) is 0 Å². The number of benzene rings is 2. The van der Waals surface area contributed by atoms with E-state index in [0.29, 0.717) is 15.7 Å². The Hall–Kier alpha value is -1.86. The van der Waals surface area contributed by atoms with E-state index in [-0.39, 0.29) is 10.8 Å². The number of hydrogen-bond donors (Lipinski definition) is 4. The number of rotatable bonds is 5. The summed E-state index contributed by atoms with van der Waals surface area (Å²) in [7, 11) is -3.77. The van der Waals surface area contributed by atoms with Crippen LogP contribution in [-0.4, -0.2) is 37.9 Å². The molecular formula is C14H15AsN2O5S. The Kier molecular flexibility index (Phi) is 5.43. The Morgan fingerprint density at radius 2 is 1.48 bits per heavy atom. The van der Waals surface area contributed by atoms with Crippen LogP contribution in [0.2, 0.25) is 0 Å². The van der Waals surface area contributed by atoms with Crippen molar-refractivity contribution >= 4 is 47.0 Å². The fourth-order valence-corrected chi connectivity index (χ4v) is 3.73. The van der Waals surface area contributed by atoms with Gasteiger partial charge in [0.1, 0.15) is 0 Å². The normalized spacial score (nSPS) is 11.3. The van der Waals surface area contributed by atoms with Crippen molar-refractivity contribution in [1.82, 2.24) is 0 Å². The minimum absolute atomic E-state index is 0.0488. The summed E-state index contributed by atoms with van der Waals surface area (Å²) in [6.07, 6.45) is 0. The Morgan fingerprint density at radius 3 is 1.96 bits per heavy atom. The second-order valence-corrected chi connectivity index (χ2v) is 8.63. The van der Waals surface area contributed by atoms with Crippen molar-refractivity contribution in [1.29, 1.82) is 0 Å². The molecule has 0 heterocycles. The van der Waals surface area contributed by atoms with Gasteiger partial charge in [-0.1, -0.05) is 0 Å². The molecule has 0 aliphatic carbocycles. The first-order valence-corrected chi connectivity index (χ1v) is 10.6. The summed E-state index contributed by atoms with van der Waals surface area (Å²) in [5.74, 6) is -0.242. The molecule has 0 aromatic heterocycles. The summed E-state index contributed by atoms with van der Waals surface area (Å²) in [4.78, 5) is 11.0. The van der Waals surface area contributed by atoms with Crippen LogP contribution in [0.25, 0.3) is 0 Å². The number of sulfonamides is 1. The van der Waals surface area contributed by atoms with Crippen LogP contribution < -0.4 is 14.4 Å². The van der Waals surface area contributed by atoms with Gasteiger partial charge in [0.05, 0.1) is 0 Å². The van der Waals surface area contributed by atoms with E-state index in [1.54, 1.807) is 0 Å². The quantitative estimate of drug-likeness (QED) is 0.535. The number of anilines is 2. The molecule has 7 nitrogen and oxygen atoms in total. The minimum atomic E-state index is -3.77. The van der Waals surface area contributed by atoms with E-state index >= 15 is 0 Å². The third kappa shape index (κ3) is 4.80. The van der Waals surface area contributed by atoms with Crippen LogP contribution in [0.1, 0.15) is 6.92 Å². The molecule has 2 rings (SSSR count). The number of amides is 1. The fraction of sp³-hybridized carbons (Fsp3) is 0.0714. The zero-order valence-corrected chi connectivity index (χ0v) is 14.8. The van der Waals surface area contributed by atoms with E-state index in [0.717, 1.165) is 0 Å². The van der Waals surface area contributed by atoms with Crippen molar-refractivity contribution < 1.29 is 21.4 Å². The van der Waals surface area contributed by atoms with Crippen LogP contribution in [0.4, 0.5) is 11.4 Å². The maximum atomic E-state index is 12.3. The monoisotopic (exact) mass is 398 g/mol. The second kappa shape index (κ2) is 7.14. The molecule has 0 spiro atoms. The van der Waals surface area contributed by atoms with Crippen molar-refractivity contribution in [3.63, 3.8) is 0 Å². The van der Waals surface area contributed by atoms with E-state index in [9.17, 15) is 13.2 Å². The summed E-state index contributed by atoms with van der Waals surface area (Å²) in [6.45, 7) is 1.36. The molecule has 1 amide bonds. The van der Waals surface area contributed by atoms with Crippen LogP contribution in [-0.2, 0) is 14.8 Å². The van der Waals surface area contributed by atoms with E-state index in [1.165, 1.54) is 55.5 Å². The number of nitrogens with one attached hydrogen (secondary N) is 2. The molecule has 4 N–H and O–H groups in total. The summed E-state index contributed by atoms with van der Waals surface area (Å²) >= 11 is -2.96. The van der Waals surface area contributed by atoms with Crippen molar-refractivity contribution in [2.24, 2.45) is 0 Å². The third-order valence-corrected chi connectivity index (χ3v) is 5.83. The zero-order valence-electron chi connectivity index (χ0n) is 12.1. The maximum absolute atomic E-state index is 12.3. The molecule has 2 aromatic rings. The molecule has 0 aliphatic rings. The third-order valence-electron chi connectivity index (χ3n) is 2.84. The van der Waals surface area contributed by atoms with Crippen molar-refractivity contribution in [2.45, 2.75) is 11.8 Å². The van der Waals surface area contributed by atoms with E-state index in [2.05, 4.69) is 10.0 Å². The molecular weight excluding hydrogens is 383 g/mol. The number of carbonyl (C=O) groups excluding carboxylic acids is 1. The molecule has 0 fully saturated rings. The molecule has 0 unspecified atom stereocenters. The molecule has 23 heavy (non-hydrogen) atoms. The molecule has 0 saturated heterocycles. The van der Waals surface area contributed by atoms with Crippen LogP contribution in [0, 0.1) is 0 Å². The second-order valence-electron chi connectivity index (χ2n) is 4.65. The van der Waals surface area contributed by atoms with Crippen LogP contribution in [0.15, 0.2) is 53.4 Å². The predicted molar refractivity (Wildman–Crippen MR) is 87.8 cm³/mol. The average molecular weight is 398 g/mol. The molecule has 2 aromatic carbocycles. The molecule has 0 saturated carbocycles. The van der Waals surface area contributed by atoms with Gasteiger partial charge >= 0.3 is 127 Å². The Labute approximate surface area is 139 Å². The van der Waals surface area contributed by atoms with Gasteiger partial charge in [0.15, 0.2) is 0 Å². The van der Waals surface area contributed by atoms with Gasteiger partial charge in [-0.3, -0.25) is 4.79 Å². The van der Waals surface area contributed by atoms with E-state index in [4.69, 9.17) is 8.19 Å². The Balaban J connectivity index is 2.16. The van der Waals surface area contributed by atoms with Gasteiger partial charge in [-0.05, 0) is 0 Å². The Bertz CT molecular complexity index is 789. The van der Waals surface area contributed by atoms with Crippen molar-refractivity contribution in [2.75, 3.05) is 10.0 Å². The molecule has 9 heteroatoms. The zero-order chi connectivity index (χ0) is 17.0. The first kappa shape index (κ1) is 17.5. The van der Waals surface area contributed by atoms with Crippen molar-refractivity contribution in [3.8, 4) is 0 Å². The van der Waals surface area contributed by atoms with Crippen molar-refractivity contribution in [3.05, 3.63) is 48.5 Å².